The number of nitrogens with one attached hydrogen (secondary N) is 2. The van der Waals surface area contributed by atoms with Gasteiger partial charge in [0, 0.05) is 65.8 Å². The van der Waals surface area contributed by atoms with E-state index in [4.69, 9.17) is 4.74 Å². The van der Waals surface area contributed by atoms with Crippen molar-refractivity contribution in [1.29, 1.82) is 0 Å². The number of sulfonamides is 1. The Bertz CT molecular complexity index is 2800. The van der Waals surface area contributed by atoms with Crippen molar-refractivity contribution in [3.05, 3.63) is 112 Å². The molecule has 5 heterocycles. The first-order chi connectivity index (χ1) is 30.2. The summed E-state index contributed by atoms with van der Waals surface area (Å²) in [5.74, 6) is -1.63. The van der Waals surface area contributed by atoms with Crippen LogP contribution in [0.2, 0.25) is 0 Å². The van der Waals surface area contributed by atoms with E-state index in [1.54, 1.807) is 46.7 Å². The number of nitrogens with zero attached hydrogens (tertiary/aromatic N) is 3. The van der Waals surface area contributed by atoms with Gasteiger partial charge in [-0.05, 0) is 104 Å². The van der Waals surface area contributed by atoms with Gasteiger partial charge in [-0.25, -0.2) is 18.0 Å². The van der Waals surface area contributed by atoms with Gasteiger partial charge in [0.15, 0.2) is 0 Å². The topological polar surface area (TPSA) is 183 Å². The number of imide groups is 1. The van der Waals surface area contributed by atoms with Crippen molar-refractivity contribution in [2.45, 2.75) is 81.7 Å². The van der Waals surface area contributed by atoms with Gasteiger partial charge in [-0.1, -0.05) is 48.5 Å². The Hall–Kier alpha value is -6.10. The number of rotatable bonds is 10. The molecule has 5 aromatic rings. The van der Waals surface area contributed by atoms with Crippen LogP contribution < -0.4 is 20.3 Å². The van der Waals surface area contributed by atoms with Crippen LogP contribution in [-0.2, 0) is 25.4 Å². The monoisotopic (exact) mass is 889 g/mol. The number of carbonyl (C=O) groups is 5. The number of carboxylic acids is 1. The van der Waals surface area contributed by atoms with Crippen molar-refractivity contribution in [1.82, 2.24) is 14.5 Å². The molecule has 5 amide bonds. The maximum Gasteiger partial charge on any atom is 0.346 e. The van der Waals surface area contributed by atoms with Crippen LogP contribution in [-0.4, -0.2) is 89.8 Å². The van der Waals surface area contributed by atoms with Crippen LogP contribution in [0.1, 0.15) is 89.4 Å². The van der Waals surface area contributed by atoms with Crippen LogP contribution in [0.4, 0.5) is 16.2 Å². The van der Waals surface area contributed by atoms with Crippen LogP contribution in [0, 0.1) is 0 Å². The minimum Gasteiger partial charge on any atom is -0.490 e. The van der Waals surface area contributed by atoms with E-state index >= 15 is 0 Å². The van der Waals surface area contributed by atoms with Crippen molar-refractivity contribution in [2.24, 2.45) is 0 Å². The number of amides is 5. The first-order valence-corrected chi connectivity index (χ1v) is 23.6. The number of thiophene rings is 1. The molecular formula is C47H47N5O9S2. The first-order valence-electron chi connectivity index (χ1n) is 21.1. The second kappa shape index (κ2) is 16.5. The molecule has 16 heteroatoms. The van der Waals surface area contributed by atoms with E-state index in [-0.39, 0.29) is 59.9 Å². The normalized spacial score (nSPS) is 20.5. The molecule has 9 rings (SSSR count). The summed E-state index contributed by atoms with van der Waals surface area (Å²) >= 11 is 1.15. The molecule has 4 aliphatic rings. The fraction of sp³-hybridized carbons (Fsp3) is 0.340. The summed E-state index contributed by atoms with van der Waals surface area (Å²) in [6.07, 6.45) is 2.40. The molecule has 3 fully saturated rings. The molecule has 0 bridgehead atoms. The number of para-hydroxylation sites is 1. The Morgan fingerprint density at radius 1 is 0.889 bits per heavy atom. The summed E-state index contributed by atoms with van der Waals surface area (Å²) in [6, 6.07) is 24.5. The number of likely N-dealkylation sites (tertiary alicyclic amines) is 1. The van der Waals surface area contributed by atoms with E-state index in [2.05, 4.69) is 10.6 Å². The van der Waals surface area contributed by atoms with Gasteiger partial charge < -0.3 is 20.1 Å². The zero-order chi connectivity index (χ0) is 44.2. The zero-order valence-electron chi connectivity index (χ0n) is 34.8. The van der Waals surface area contributed by atoms with E-state index in [1.165, 1.54) is 9.21 Å². The van der Waals surface area contributed by atoms with Crippen LogP contribution in [0.15, 0.2) is 90.3 Å². The lowest BCUT2D eigenvalue weighted by molar-refractivity contribution is -0.134. The fourth-order valence-corrected chi connectivity index (χ4v) is 12.6. The third-order valence-corrected chi connectivity index (χ3v) is 15.7. The summed E-state index contributed by atoms with van der Waals surface area (Å²) in [4.78, 5) is 67.2. The third-order valence-electron chi connectivity index (χ3n) is 12.8. The Morgan fingerprint density at radius 2 is 1.65 bits per heavy atom. The van der Waals surface area contributed by atoms with Crippen molar-refractivity contribution < 1.29 is 42.2 Å². The molecule has 0 spiro atoms. The summed E-state index contributed by atoms with van der Waals surface area (Å²) in [5.41, 5.74) is 3.81. The summed E-state index contributed by atoms with van der Waals surface area (Å²) < 4.78 is 36.0. The van der Waals surface area contributed by atoms with E-state index in [9.17, 15) is 37.5 Å². The highest BCUT2D eigenvalue weighted by Gasteiger charge is 2.43. The highest BCUT2D eigenvalue weighted by atomic mass is 32.2. The number of benzene rings is 4. The quantitative estimate of drug-likeness (QED) is 0.119. The Kier molecular flexibility index (Phi) is 11.1. The first kappa shape index (κ1) is 42.2. The van der Waals surface area contributed by atoms with Gasteiger partial charge in [0.1, 0.15) is 22.8 Å². The molecule has 0 aliphatic carbocycles. The van der Waals surface area contributed by atoms with Crippen molar-refractivity contribution in [3.63, 3.8) is 0 Å². The largest absolute Gasteiger partial charge is 0.490 e. The molecule has 4 aromatic carbocycles. The number of aromatic carboxylic acids is 1. The molecular weight excluding hydrogens is 843 g/mol. The Balaban J connectivity index is 0.817. The van der Waals surface area contributed by atoms with Crippen LogP contribution in [0.3, 0.4) is 0 Å². The van der Waals surface area contributed by atoms with E-state index < -0.39 is 33.5 Å². The van der Waals surface area contributed by atoms with Gasteiger partial charge in [0.05, 0.1) is 11.4 Å². The maximum atomic E-state index is 14.0. The second-order valence-electron chi connectivity index (χ2n) is 17.3. The van der Waals surface area contributed by atoms with Gasteiger partial charge in [-0.15, -0.1) is 11.3 Å². The van der Waals surface area contributed by atoms with Gasteiger partial charge in [-0.2, -0.15) is 4.31 Å². The Labute approximate surface area is 368 Å². The molecule has 326 valence electrons. The standard InChI is InChI=1S/C47H47N5O9S2/c1-47(2)26-31(61-39-12-4-3-9-33(39)35-20-24-62-42(35)45(56)57)19-23-51(47)63(59,60)27-28-7-5-8-30(25-28)48-46(58)50-21-17-29(18-22-50)32-13-14-37-41-34(32)10-6-11-36(41)44(55)52(37)38-15-16-40(53)49-43(38)54/h3-14,20,24-25,29,31,38H,15-19,21-23,26-27H2,1-2H3,(H,48,58)(H,56,57)(H,49,53,54)/t31-,38?/m1/s1. The molecule has 0 radical (unpaired) electrons. The van der Waals surface area contributed by atoms with Crippen LogP contribution in [0.25, 0.3) is 21.9 Å². The second-order valence-corrected chi connectivity index (χ2v) is 20.1. The number of piperidine rings is 3. The predicted octanol–water partition coefficient (Wildman–Crippen LogP) is 7.60. The smallest absolute Gasteiger partial charge is 0.346 e. The number of anilines is 2. The zero-order valence-corrected chi connectivity index (χ0v) is 36.5. The van der Waals surface area contributed by atoms with E-state index in [0.29, 0.717) is 78.2 Å². The molecule has 3 saturated heterocycles. The highest BCUT2D eigenvalue weighted by Crippen LogP contribution is 2.44. The average molecular weight is 890 g/mol. The Morgan fingerprint density at radius 3 is 2.41 bits per heavy atom. The molecule has 4 aliphatic heterocycles. The minimum atomic E-state index is -3.79. The number of urea groups is 1. The van der Waals surface area contributed by atoms with Crippen LogP contribution >= 0.6 is 11.3 Å². The molecule has 1 unspecified atom stereocenters. The molecule has 0 saturated carbocycles. The molecule has 1 aromatic heterocycles. The fourth-order valence-electron chi connectivity index (χ4n) is 9.85. The summed E-state index contributed by atoms with van der Waals surface area (Å²) in [7, 11) is -3.79. The molecule has 63 heavy (non-hydrogen) atoms. The molecule has 2 atom stereocenters. The van der Waals surface area contributed by atoms with Crippen molar-refractivity contribution >= 4 is 73.2 Å². The van der Waals surface area contributed by atoms with E-state index in [0.717, 1.165) is 27.7 Å². The van der Waals surface area contributed by atoms with E-state index in [1.807, 2.05) is 62.4 Å². The molecule has 3 N–H and O–H groups in total. The maximum absolute atomic E-state index is 14.0. The number of hydrogen-bond donors (Lipinski definition) is 3. The SMILES string of the molecule is CC1(C)C[C@H](Oc2ccccc2-c2ccsc2C(=O)O)CCN1S(=O)(=O)Cc1cccc(NC(=O)N2CCC(c3ccc4c5c(cccc35)C(=O)N4C3CCC(=O)NC3=O)CC2)c1. The lowest BCUT2D eigenvalue weighted by atomic mass is 9.85. The number of carboxylic acid groups (broad SMARTS) is 1. The number of carbonyl (C=O) groups excluding carboxylic acids is 4. The summed E-state index contributed by atoms with van der Waals surface area (Å²) in [5, 5.41) is 18.5. The number of ether oxygens (including phenoxy) is 1. The predicted molar refractivity (Wildman–Crippen MR) is 240 cm³/mol. The van der Waals surface area contributed by atoms with Gasteiger partial charge in [0.25, 0.3) is 5.91 Å². The number of hydrogen-bond acceptors (Lipinski definition) is 9. The van der Waals surface area contributed by atoms with Gasteiger partial charge in [0.2, 0.25) is 21.8 Å². The lowest BCUT2D eigenvalue weighted by Gasteiger charge is -2.44. The third kappa shape index (κ3) is 8.07. The van der Waals surface area contributed by atoms with Gasteiger partial charge in [-0.3, -0.25) is 24.6 Å². The summed E-state index contributed by atoms with van der Waals surface area (Å²) in [6.45, 7) is 5.00. The van der Waals surface area contributed by atoms with Crippen LogP contribution in [0.5, 0.6) is 5.75 Å². The van der Waals surface area contributed by atoms with Crippen molar-refractivity contribution in [3.8, 4) is 16.9 Å². The minimum absolute atomic E-state index is 0.126. The van der Waals surface area contributed by atoms with Crippen molar-refractivity contribution in [2.75, 3.05) is 29.9 Å². The highest BCUT2D eigenvalue weighted by molar-refractivity contribution is 7.88. The average Bonchev–Trinajstić information content (AvgIpc) is 3.85. The van der Waals surface area contributed by atoms with Gasteiger partial charge >= 0.3 is 12.0 Å². The lowest BCUT2D eigenvalue weighted by Crippen LogP contribution is -2.55. The molecule has 14 nitrogen and oxygen atoms in total.